The van der Waals surface area contributed by atoms with Gasteiger partial charge in [-0.2, -0.15) is 4.94 Å². The summed E-state index contributed by atoms with van der Waals surface area (Å²) in [5.41, 5.74) is 5.86. The number of anilines is 2. The van der Waals surface area contributed by atoms with Gasteiger partial charge in [0.15, 0.2) is 0 Å². The summed E-state index contributed by atoms with van der Waals surface area (Å²) in [6.07, 6.45) is 7.57. The number of unbranched alkanes of at least 4 members (excludes halogenated alkanes) is 1. The number of para-hydroxylation sites is 1. The quantitative estimate of drug-likeness (QED) is 0.351. The highest BCUT2D eigenvalue weighted by Crippen LogP contribution is 2.33. The van der Waals surface area contributed by atoms with Crippen molar-refractivity contribution in [2.24, 2.45) is 5.92 Å². The maximum absolute atomic E-state index is 13.4. The summed E-state index contributed by atoms with van der Waals surface area (Å²) in [5, 5.41) is 4.90. The van der Waals surface area contributed by atoms with E-state index in [1.165, 1.54) is 6.42 Å². The maximum Gasteiger partial charge on any atom is 0.245 e. The SMILES string of the molecule is CCCCNC(=O)C(C1CCCCC1)N(ONc1ccccc1C)c1ccc(OC)cc1. The average Bonchev–Trinajstić information content (AvgIpc) is 2.83. The molecule has 0 bridgehead atoms. The molecule has 0 aromatic heterocycles. The number of nitrogens with one attached hydrogen (secondary N) is 2. The van der Waals surface area contributed by atoms with Gasteiger partial charge < -0.3 is 10.1 Å². The molecule has 1 fully saturated rings. The second-order valence-electron chi connectivity index (χ2n) is 8.52. The van der Waals surface area contributed by atoms with Gasteiger partial charge in [0.1, 0.15) is 11.8 Å². The summed E-state index contributed by atoms with van der Waals surface area (Å²) in [7, 11) is 1.65. The Morgan fingerprint density at radius 3 is 2.47 bits per heavy atom. The van der Waals surface area contributed by atoms with E-state index in [0.717, 1.165) is 61.2 Å². The zero-order valence-electron chi connectivity index (χ0n) is 19.6. The number of nitrogens with zero attached hydrogens (tertiary/aromatic N) is 1. The molecule has 0 spiro atoms. The van der Waals surface area contributed by atoms with Gasteiger partial charge in [0.05, 0.1) is 18.5 Å². The number of hydrogen-bond acceptors (Lipinski definition) is 5. The number of methoxy groups -OCH3 is 1. The average molecular weight is 440 g/mol. The third kappa shape index (κ3) is 6.39. The number of hydroxylamine groups is 1. The van der Waals surface area contributed by atoms with E-state index in [1.54, 1.807) is 12.2 Å². The van der Waals surface area contributed by atoms with E-state index in [9.17, 15) is 4.79 Å². The van der Waals surface area contributed by atoms with Crippen LogP contribution in [0.4, 0.5) is 11.4 Å². The third-order valence-electron chi connectivity index (χ3n) is 6.17. The Hall–Kier alpha value is -2.73. The van der Waals surface area contributed by atoms with Crippen molar-refractivity contribution in [1.82, 2.24) is 5.32 Å². The van der Waals surface area contributed by atoms with E-state index in [1.807, 2.05) is 55.5 Å². The highest BCUT2D eigenvalue weighted by molar-refractivity contribution is 5.85. The molecule has 32 heavy (non-hydrogen) atoms. The Morgan fingerprint density at radius 2 is 1.81 bits per heavy atom. The maximum atomic E-state index is 13.4. The van der Waals surface area contributed by atoms with Gasteiger partial charge in [-0.1, -0.05) is 50.8 Å². The number of carbonyl (C=O) groups excluding carboxylic acids is 1. The van der Waals surface area contributed by atoms with E-state index in [0.29, 0.717) is 6.54 Å². The number of ether oxygens (including phenoxy) is 1. The summed E-state index contributed by atoms with van der Waals surface area (Å²) in [5.74, 6) is 1.01. The lowest BCUT2D eigenvalue weighted by molar-refractivity contribution is -0.126. The van der Waals surface area contributed by atoms with Crippen LogP contribution < -0.4 is 20.6 Å². The Morgan fingerprint density at radius 1 is 1.09 bits per heavy atom. The van der Waals surface area contributed by atoms with E-state index in [-0.39, 0.29) is 11.8 Å². The first-order valence-electron chi connectivity index (χ1n) is 11.8. The molecule has 6 heteroatoms. The topological polar surface area (TPSA) is 62.8 Å². The zero-order chi connectivity index (χ0) is 22.8. The minimum Gasteiger partial charge on any atom is -0.497 e. The predicted molar refractivity (Wildman–Crippen MR) is 130 cm³/mol. The van der Waals surface area contributed by atoms with E-state index in [2.05, 4.69) is 17.7 Å². The van der Waals surface area contributed by atoms with Gasteiger partial charge in [0.25, 0.3) is 0 Å². The van der Waals surface area contributed by atoms with Crippen LogP contribution in [0.5, 0.6) is 5.75 Å². The van der Waals surface area contributed by atoms with Gasteiger partial charge in [-0.3, -0.25) is 4.79 Å². The van der Waals surface area contributed by atoms with Crippen LogP contribution in [0, 0.1) is 12.8 Å². The van der Waals surface area contributed by atoms with Crippen molar-refractivity contribution >= 4 is 17.3 Å². The fourth-order valence-corrected chi connectivity index (χ4v) is 4.24. The number of carbonyl (C=O) groups is 1. The molecule has 2 aromatic rings. The molecule has 2 N–H and O–H groups in total. The molecule has 1 unspecified atom stereocenters. The molecule has 0 aliphatic heterocycles. The number of rotatable bonds is 11. The molecule has 6 nitrogen and oxygen atoms in total. The largest absolute Gasteiger partial charge is 0.497 e. The molecule has 1 amide bonds. The number of hydrogen-bond donors (Lipinski definition) is 2. The molecular weight excluding hydrogens is 402 g/mol. The molecule has 0 radical (unpaired) electrons. The molecule has 1 aliphatic carbocycles. The van der Waals surface area contributed by atoms with Crippen molar-refractivity contribution in [3.63, 3.8) is 0 Å². The van der Waals surface area contributed by atoms with Crippen LogP contribution in [0.25, 0.3) is 0 Å². The van der Waals surface area contributed by atoms with E-state index >= 15 is 0 Å². The highest BCUT2D eigenvalue weighted by Gasteiger charge is 2.36. The van der Waals surface area contributed by atoms with Crippen molar-refractivity contribution in [3.8, 4) is 5.75 Å². The monoisotopic (exact) mass is 439 g/mol. The van der Waals surface area contributed by atoms with Crippen LogP contribution in [-0.4, -0.2) is 25.6 Å². The molecule has 3 rings (SSSR count). The summed E-state index contributed by atoms with van der Waals surface area (Å²) < 4.78 is 5.33. The summed E-state index contributed by atoms with van der Waals surface area (Å²) >= 11 is 0. The smallest absolute Gasteiger partial charge is 0.245 e. The molecular formula is C26H37N3O3. The van der Waals surface area contributed by atoms with Gasteiger partial charge in [0, 0.05) is 6.54 Å². The Labute approximate surface area is 192 Å². The molecule has 174 valence electrons. The van der Waals surface area contributed by atoms with Gasteiger partial charge in [0.2, 0.25) is 5.91 Å². The lowest BCUT2D eigenvalue weighted by Gasteiger charge is -2.37. The Kier molecular flexibility index (Phi) is 9.23. The van der Waals surface area contributed by atoms with E-state index < -0.39 is 6.04 Å². The van der Waals surface area contributed by atoms with Gasteiger partial charge >= 0.3 is 0 Å². The molecule has 0 saturated heterocycles. The van der Waals surface area contributed by atoms with Gasteiger partial charge in [-0.15, -0.1) is 0 Å². The lowest BCUT2D eigenvalue weighted by atomic mass is 9.83. The van der Waals surface area contributed by atoms with E-state index in [4.69, 9.17) is 9.68 Å². The molecule has 0 heterocycles. The summed E-state index contributed by atoms with van der Waals surface area (Å²) in [6.45, 7) is 4.84. The van der Waals surface area contributed by atoms with Crippen LogP contribution in [-0.2, 0) is 9.73 Å². The zero-order valence-corrected chi connectivity index (χ0v) is 19.6. The predicted octanol–water partition coefficient (Wildman–Crippen LogP) is 5.63. The lowest BCUT2D eigenvalue weighted by Crippen LogP contribution is -2.52. The first-order valence-corrected chi connectivity index (χ1v) is 11.8. The first-order chi connectivity index (χ1) is 15.6. The first kappa shape index (κ1) is 23.9. The van der Waals surface area contributed by atoms with Crippen molar-refractivity contribution < 1.29 is 14.5 Å². The molecule has 1 aliphatic rings. The second kappa shape index (κ2) is 12.3. The fraction of sp³-hybridized carbons (Fsp3) is 0.500. The van der Waals surface area contributed by atoms with Crippen LogP contribution >= 0.6 is 0 Å². The number of amides is 1. The summed E-state index contributed by atoms with van der Waals surface area (Å²) in [6, 6.07) is 15.2. The molecule has 1 saturated carbocycles. The van der Waals surface area contributed by atoms with Crippen LogP contribution in [0.2, 0.25) is 0 Å². The van der Waals surface area contributed by atoms with Crippen molar-refractivity contribution in [2.45, 2.75) is 64.8 Å². The Bertz CT molecular complexity index is 834. The summed E-state index contributed by atoms with van der Waals surface area (Å²) in [4.78, 5) is 19.6. The van der Waals surface area contributed by atoms with Crippen LogP contribution in [0.1, 0.15) is 57.4 Å². The van der Waals surface area contributed by atoms with Crippen molar-refractivity contribution in [3.05, 3.63) is 54.1 Å². The fourth-order valence-electron chi connectivity index (χ4n) is 4.24. The normalized spacial score (nSPS) is 15.1. The second-order valence-corrected chi connectivity index (χ2v) is 8.52. The standard InChI is InChI=1S/C26H37N3O3/c1-4-5-19-27-26(30)25(21-12-7-6-8-13-21)29(22-15-17-23(31-3)18-16-22)32-28-24-14-10-9-11-20(24)2/h9-11,14-18,21,25,28H,4-8,12-13,19H2,1-3H3,(H,27,30). The van der Waals surface area contributed by atoms with Crippen LogP contribution in [0.15, 0.2) is 48.5 Å². The van der Waals surface area contributed by atoms with Gasteiger partial charge in [-0.25, -0.2) is 10.5 Å². The van der Waals surface area contributed by atoms with Crippen LogP contribution in [0.3, 0.4) is 0 Å². The van der Waals surface area contributed by atoms with Crippen molar-refractivity contribution in [1.29, 1.82) is 0 Å². The minimum absolute atomic E-state index is 0.0211. The molecule has 2 aromatic carbocycles. The number of aryl methyl sites for hydroxylation is 1. The highest BCUT2D eigenvalue weighted by atomic mass is 16.8. The third-order valence-corrected chi connectivity index (χ3v) is 6.17. The molecule has 1 atom stereocenters. The van der Waals surface area contributed by atoms with Crippen molar-refractivity contribution in [2.75, 3.05) is 24.2 Å². The Balaban J connectivity index is 1.90. The number of benzene rings is 2. The van der Waals surface area contributed by atoms with Gasteiger partial charge in [-0.05, 0) is 68.0 Å². The minimum atomic E-state index is -0.419.